The predicted octanol–water partition coefficient (Wildman–Crippen LogP) is 3.26. The van der Waals surface area contributed by atoms with Crippen LogP contribution in [0.3, 0.4) is 0 Å². The van der Waals surface area contributed by atoms with Crippen LogP contribution >= 0.6 is 0 Å². The van der Waals surface area contributed by atoms with E-state index >= 15 is 0 Å². The molecule has 1 aromatic carbocycles. The van der Waals surface area contributed by atoms with E-state index in [0.29, 0.717) is 22.9 Å². The number of hydrogen-bond donors (Lipinski definition) is 0. The Hall–Kier alpha value is -3.19. The van der Waals surface area contributed by atoms with Crippen LogP contribution in [-0.2, 0) is 0 Å². The molecule has 0 aliphatic carbocycles. The van der Waals surface area contributed by atoms with Crippen molar-refractivity contribution in [2.45, 2.75) is 26.8 Å². The Kier molecular flexibility index (Phi) is 4.36. The maximum absolute atomic E-state index is 12.8. The molecule has 1 aliphatic rings. The molecular weight excluding hydrogens is 378 g/mol. The van der Waals surface area contributed by atoms with Crippen LogP contribution in [0.2, 0.25) is 0 Å². The molecular formula is C23H25N5O2. The van der Waals surface area contributed by atoms with Gasteiger partial charge in [-0.2, -0.15) is 0 Å². The monoisotopic (exact) mass is 403 g/mol. The SMILES string of the molecule is Cc1cn2cc(-c3cc4ccc(N5CCN(C)[C@@H](C)C5)cc4c(=O)o3)nc2c(C)n1. The fourth-order valence-corrected chi connectivity index (χ4v) is 4.20. The molecule has 0 amide bonds. The average Bonchev–Trinajstić information content (AvgIpc) is 3.14. The smallest absolute Gasteiger partial charge is 0.344 e. The molecule has 0 spiro atoms. The van der Waals surface area contributed by atoms with E-state index in [1.54, 1.807) is 0 Å². The van der Waals surface area contributed by atoms with Gasteiger partial charge in [0.1, 0.15) is 5.69 Å². The lowest BCUT2D eigenvalue weighted by Crippen LogP contribution is -2.50. The summed E-state index contributed by atoms with van der Waals surface area (Å²) in [4.78, 5) is 26.6. The van der Waals surface area contributed by atoms with Crippen molar-refractivity contribution in [1.82, 2.24) is 19.3 Å². The zero-order valence-electron chi connectivity index (χ0n) is 17.7. The van der Waals surface area contributed by atoms with Crippen LogP contribution < -0.4 is 10.5 Å². The predicted molar refractivity (Wildman–Crippen MR) is 118 cm³/mol. The van der Waals surface area contributed by atoms with Crippen molar-refractivity contribution in [3.63, 3.8) is 0 Å². The molecule has 1 saturated heterocycles. The fourth-order valence-electron chi connectivity index (χ4n) is 4.20. The minimum Gasteiger partial charge on any atom is -0.421 e. The highest BCUT2D eigenvalue weighted by Crippen LogP contribution is 2.26. The molecule has 1 atom stereocenters. The summed E-state index contributed by atoms with van der Waals surface area (Å²) in [6, 6.07) is 8.41. The molecule has 0 radical (unpaired) electrons. The maximum Gasteiger partial charge on any atom is 0.344 e. The van der Waals surface area contributed by atoms with Crippen LogP contribution in [0.1, 0.15) is 18.3 Å². The zero-order chi connectivity index (χ0) is 21.0. The number of rotatable bonds is 2. The van der Waals surface area contributed by atoms with Crippen LogP contribution in [0, 0.1) is 13.8 Å². The van der Waals surface area contributed by atoms with Crippen LogP contribution in [0.4, 0.5) is 5.69 Å². The Morgan fingerprint density at radius 2 is 1.93 bits per heavy atom. The molecule has 7 heteroatoms. The highest BCUT2D eigenvalue weighted by molar-refractivity contribution is 5.87. The molecule has 30 heavy (non-hydrogen) atoms. The Morgan fingerprint density at radius 1 is 1.10 bits per heavy atom. The summed E-state index contributed by atoms with van der Waals surface area (Å²) >= 11 is 0. The van der Waals surface area contributed by atoms with Crippen molar-refractivity contribution in [2.24, 2.45) is 0 Å². The van der Waals surface area contributed by atoms with Gasteiger partial charge in [0.15, 0.2) is 11.4 Å². The van der Waals surface area contributed by atoms with Crippen LogP contribution in [0.5, 0.6) is 0 Å². The van der Waals surface area contributed by atoms with E-state index in [1.807, 2.05) is 48.8 Å². The van der Waals surface area contributed by atoms with Gasteiger partial charge in [-0.1, -0.05) is 6.07 Å². The minimum atomic E-state index is -0.338. The maximum atomic E-state index is 12.8. The Labute approximate surface area is 174 Å². The first kappa shape index (κ1) is 18.8. The summed E-state index contributed by atoms with van der Waals surface area (Å²) in [5.41, 5.74) is 3.87. The van der Waals surface area contributed by atoms with Crippen molar-refractivity contribution in [2.75, 3.05) is 31.6 Å². The van der Waals surface area contributed by atoms with Crippen LogP contribution in [0.15, 0.2) is 45.9 Å². The van der Waals surface area contributed by atoms with Gasteiger partial charge < -0.3 is 18.6 Å². The van der Waals surface area contributed by atoms with E-state index in [4.69, 9.17) is 4.42 Å². The van der Waals surface area contributed by atoms with Crippen LogP contribution in [0.25, 0.3) is 27.9 Å². The topological polar surface area (TPSA) is 66.9 Å². The molecule has 0 bridgehead atoms. The molecule has 7 nitrogen and oxygen atoms in total. The van der Waals surface area contributed by atoms with Gasteiger partial charge in [-0.15, -0.1) is 0 Å². The zero-order valence-corrected chi connectivity index (χ0v) is 17.7. The number of imidazole rings is 1. The molecule has 4 aromatic rings. The van der Waals surface area contributed by atoms with E-state index in [-0.39, 0.29) is 5.63 Å². The summed E-state index contributed by atoms with van der Waals surface area (Å²) in [6.45, 7) is 9.00. The van der Waals surface area contributed by atoms with Gasteiger partial charge in [-0.3, -0.25) is 4.98 Å². The number of aromatic nitrogens is 3. The third-order valence-corrected chi connectivity index (χ3v) is 6.05. The van der Waals surface area contributed by atoms with E-state index in [1.165, 1.54) is 0 Å². The lowest BCUT2D eigenvalue weighted by atomic mass is 10.1. The number of aryl methyl sites for hydroxylation is 2. The molecule has 0 N–H and O–H groups in total. The first-order valence-corrected chi connectivity index (χ1v) is 10.3. The van der Waals surface area contributed by atoms with Crippen molar-refractivity contribution in [1.29, 1.82) is 0 Å². The largest absolute Gasteiger partial charge is 0.421 e. The molecule has 3 aromatic heterocycles. The van der Waals surface area contributed by atoms with E-state index < -0.39 is 0 Å². The number of hydrogen-bond acceptors (Lipinski definition) is 6. The molecule has 5 rings (SSSR count). The number of piperazine rings is 1. The highest BCUT2D eigenvalue weighted by atomic mass is 16.4. The molecule has 154 valence electrons. The summed E-state index contributed by atoms with van der Waals surface area (Å²) in [5.74, 6) is 0.467. The minimum absolute atomic E-state index is 0.338. The van der Waals surface area contributed by atoms with Crippen molar-refractivity contribution in [3.05, 3.63) is 58.5 Å². The number of fused-ring (bicyclic) bond motifs is 2. The quantitative estimate of drug-likeness (QED) is 0.512. The fraction of sp³-hybridized carbons (Fsp3) is 0.348. The number of nitrogens with zero attached hydrogens (tertiary/aromatic N) is 5. The van der Waals surface area contributed by atoms with E-state index in [9.17, 15) is 4.79 Å². The summed E-state index contributed by atoms with van der Waals surface area (Å²) in [6.07, 6.45) is 3.79. The highest BCUT2D eigenvalue weighted by Gasteiger charge is 2.21. The first-order chi connectivity index (χ1) is 14.4. The van der Waals surface area contributed by atoms with Gasteiger partial charge in [0, 0.05) is 43.8 Å². The second kappa shape index (κ2) is 6.95. The number of likely N-dealkylation sites (N-methyl/N-ethyl adjacent to an activating group) is 1. The Morgan fingerprint density at radius 3 is 2.73 bits per heavy atom. The normalized spacial score (nSPS) is 17.9. The second-order valence-electron chi connectivity index (χ2n) is 8.27. The summed E-state index contributed by atoms with van der Waals surface area (Å²) in [5, 5.41) is 1.45. The van der Waals surface area contributed by atoms with Crippen molar-refractivity contribution in [3.8, 4) is 11.5 Å². The van der Waals surface area contributed by atoms with Gasteiger partial charge in [0.05, 0.1) is 16.8 Å². The van der Waals surface area contributed by atoms with E-state index in [0.717, 1.165) is 47.7 Å². The molecule has 0 unspecified atom stereocenters. The van der Waals surface area contributed by atoms with Gasteiger partial charge in [-0.25, -0.2) is 9.78 Å². The lowest BCUT2D eigenvalue weighted by Gasteiger charge is -2.39. The lowest BCUT2D eigenvalue weighted by molar-refractivity contribution is 0.234. The van der Waals surface area contributed by atoms with Gasteiger partial charge in [-0.05, 0) is 51.4 Å². The summed E-state index contributed by atoms with van der Waals surface area (Å²) < 4.78 is 7.60. The van der Waals surface area contributed by atoms with Crippen molar-refractivity contribution >= 4 is 22.1 Å². The molecule has 4 heterocycles. The van der Waals surface area contributed by atoms with Gasteiger partial charge in [0.25, 0.3) is 0 Å². The summed E-state index contributed by atoms with van der Waals surface area (Å²) in [7, 11) is 2.15. The molecule has 0 saturated carbocycles. The second-order valence-corrected chi connectivity index (χ2v) is 8.27. The van der Waals surface area contributed by atoms with Crippen LogP contribution in [-0.4, -0.2) is 52.0 Å². The number of benzene rings is 1. The van der Waals surface area contributed by atoms with Gasteiger partial charge in [0.2, 0.25) is 0 Å². The third-order valence-electron chi connectivity index (χ3n) is 6.05. The Bertz CT molecular complexity index is 1320. The molecule has 1 fully saturated rings. The average molecular weight is 403 g/mol. The first-order valence-electron chi connectivity index (χ1n) is 10.3. The van der Waals surface area contributed by atoms with E-state index in [2.05, 4.69) is 39.8 Å². The molecule has 1 aliphatic heterocycles. The van der Waals surface area contributed by atoms with Crippen molar-refractivity contribution < 1.29 is 4.42 Å². The third kappa shape index (κ3) is 3.15. The standard InChI is InChI=1S/C23H25N5O2/c1-14-11-28-13-20(25-22(28)16(3)24-14)21-9-17-5-6-18(10-19(17)23(29)30-21)27-8-7-26(4)15(2)12-27/h5-6,9-11,13,15H,7-8,12H2,1-4H3/t15-/m0/s1. The van der Waals surface area contributed by atoms with Gasteiger partial charge >= 0.3 is 5.63 Å². The number of anilines is 1. The Balaban J connectivity index is 1.55.